The molecule has 0 spiro atoms. The highest BCUT2D eigenvalue weighted by Gasteiger charge is 2.50. The van der Waals surface area contributed by atoms with Crippen molar-refractivity contribution in [3.8, 4) is 29.0 Å². The molecular formula is C35H33ClF5N5O3S. The number of ether oxygens (including phenoxy) is 2. The van der Waals surface area contributed by atoms with Crippen LogP contribution in [0.15, 0.2) is 12.1 Å². The van der Waals surface area contributed by atoms with Crippen molar-refractivity contribution in [3.63, 3.8) is 0 Å². The second-order valence-electron chi connectivity index (χ2n) is 14.0. The Labute approximate surface area is 293 Å². The number of aromatic nitrogens is 2. The van der Waals surface area contributed by atoms with Crippen LogP contribution in [0.3, 0.4) is 0 Å². The Kier molecular flexibility index (Phi) is 8.28. The molecule has 264 valence electrons. The lowest BCUT2D eigenvalue weighted by molar-refractivity contribution is 0.0184. The topological polar surface area (TPSA) is 94.7 Å². The summed E-state index contributed by atoms with van der Waals surface area (Å²) in [4.78, 5) is 12.7. The Morgan fingerprint density at radius 1 is 1.18 bits per heavy atom. The van der Waals surface area contributed by atoms with Crippen LogP contribution in [0.2, 0.25) is 5.02 Å². The standard InChI is InChI=1S/C35H33ClF5N5O3S/c1-34(47)8-2-3-11-46-21(34)7-12-48-28-24-27(43-33(44-32(24)46)49-16-35-9-4-10-45(35)15-17(37)13-35)26(39)23(25(28)36)18-5-6-20(38)30-22(18)19(14-42)29(50-30)31(40)41/h5-6,17,21,31,47H,2-4,7-13,15-16H2,1H3/t17-,21?,34?,35+/m1/s1. The quantitative estimate of drug-likeness (QED) is 0.206. The van der Waals surface area contributed by atoms with Crippen molar-refractivity contribution >= 4 is 49.7 Å². The monoisotopic (exact) mass is 733 g/mol. The van der Waals surface area contributed by atoms with Gasteiger partial charge < -0.3 is 19.5 Å². The van der Waals surface area contributed by atoms with Crippen LogP contribution in [0.1, 0.15) is 68.7 Å². The fraction of sp³-hybridized carbons (Fsp3) is 0.514. The normalized spacial score (nSPS) is 26.8. The second-order valence-corrected chi connectivity index (χ2v) is 15.4. The first-order chi connectivity index (χ1) is 23.9. The van der Waals surface area contributed by atoms with Gasteiger partial charge in [0.05, 0.1) is 49.3 Å². The molecule has 3 fully saturated rings. The lowest BCUT2D eigenvalue weighted by atomic mass is 9.88. The summed E-state index contributed by atoms with van der Waals surface area (Å²) in [6.07, 6.45) is 0.163. The number of hydrogen-bond acceptors (Lipinski definition) is 9. The van der Waals surface area contributed by atoms with Crippen molar-refractivity contribution < 1.29 is 36.5 Å². The zero-order valence-electron chi connectivity index (χ0n) is 27.0. The van der Waals surface area contributed by atoms with Crippen molar-refractivity contribution in [2.45, 2.75) is 81.6 Å². The Morgan fingerprint density at radius 2 is 2.00 bits per heavy atom. The van der Waals surface area contributed by atoms with E-state index in [4.69, 9.17) is 26.1 Å². The van der Waals surface area contributed by atoms with E-state index in [9.17, 15) is 23.5 Å². The lowest BCUT2D eigenvalue weighted by Gasteiger charge is -2.41. The zero-order valence-corrected chi connectivity index (χ0v) is 28.6. The van der Waals surface area contributed by atoms with Crippen LogP contribution in [0, 0.1) is 23.0 Å². The van der Waals surface area contributed by atoms with Crippen molar-refractivity contribution in [1.82, 2.24) is 14.9 Å². The minimum Gasteiger partial charge on any atom is -0.491 e. The summed E-state index contributed by atoms with van der Waals surface area (Å²) in [5.74, 6) is -1.55. The molecule has 4 aliphatic heterocycles. The lowest BCUT2D eigenvalue weighted by Crippen LogP contribution is -2.51. The number of halogens is 6. The molecule has 4 atom stereocenters. The Morgan fingerprint density at radius 3 is 2.78 bits per heavy atom. The summed E-state index contributed by atoms with van der Waals surface area (Å²) in [5, 5.41) is 21.3. The minimum absolute atomic E-state index is 0.0267. The van der Waals surface area contributed by atoms with Gasteiger partial charge in [0.1, 0.15) is 36.0 Å². The number of nitrogens with zero attached hydrogens (tertiary/aromatic N) is 5. The molecule has 4 aliphatic rings. The average molecular weight is 734 g/mol. The second kappa shape index (κ2) is 12.3. The molecule has 4 aromatic rings. The highest BCUT2D eigenvalue weighted by atomic mass is 35.5. The van der Waals surface area contributed by atoms with Gasteiger partial charge in [0.25, 0.3) is 6.43 Å². The number of rotatable bonds is 5. The predicted octanol–water partition coefficient (Wildman–Crippen LogP) is 8.10. The van der Waals surface area contributed by atoms with Gasteiger partial charge >= 0.3 is 6.01 Å². The molecule has 3 saturated heterocycles. The average Bonchev–Trinajstić information content (AvgIpc) is 3.71. The molecule has 6 heterocycles. The van der Waals surface area contributed by atoms with Gasteiger partial charge in [-0.25, -0.2) is 22.0 Å². The maximum Gasteiger partial charge on any atom is 0.319 e. The Bertz CT molecular complexity index is 2070. The highest BCUT2D eigenvalue weighted by Crippen LogP contribution is 2.52. The van der Waals surface area contributed by atoms with Crippen molar-refractivity contribution in [1.29, 1.82) is 5.26 Å². The third kappa shape index (κ3) is 5.18. The molecule has 0 bridgehead atoms. The van der Waals surface area contributed by atoms with Gasteiger partial charge in [0.2, 0.25) is 0 Å². The van der Waals surface area contributed by atoms with E-state index in [0.29, 0.717) is 50.1 Å². The van der Waals surface area contributed by atoms with Gasteiger partial charge in [0, 0.05) is 36.9 Å². The molecule has 0 amide bonds. The number of benzene rings is 2. The zero-order chi connectivity index (χ0) is 35.1. The van der Waals surface area contributed by atoms with Crippen LogP contribution in [-0.4, -0.2) is 76.2 Å². The number of hydrogen-bond donors (Lipinski definition) is 1. The third-order valence-corrected chi connectivity index (χ3v) is 12.5. The van der Waals surface area contributed by atoms with E-state index in [1.807, 2.05) is 4.90 Å². The van der Waals surface area contributed by atoms with Gasteiger partial charge in [-0.05, 0) is 57.2 Å². The van der Waals surface area contributed by atoms with E-state index in [1.54, 1.807) is 13.0 Å². The number of nitriles is 1. The number of anilines is 1. The van der Waals surface area contributed by atoms with Gasteiger partial charge in [-0.3, -0.25) is 4.90 Å². The summed E-state index contributed by atoms with van der Waals surface area (Å²) < 4.78 is 87.3. The molecule has 15 heteroatoms. The molecule has 2 aromatic heterocycles. The number of alkyl halides is 3. The van der Waals surface area contributed by atoms with Crippen LogP contribution in [0.4, 0.5) is 27.8 Å². The van der Waals surface area contributed by atoms with Crippen molar-refractivity contribution in [3.05, 3.63) is 39.2 Å². The molecule has 2 aromatic carbocycles. The Balaban J connectivity index is 1.38. The predicted molar refractivity (Wildman–Crippen MR) is 179 cm³/mol. The number of thiophene rings is 1. The largest absolute Gasteiger partial charge is 0.491 e. The van der Waals surface area contributed by atoms with Crippen LogP contribution in [-0.2, 0) is 0 Å². The Hall–Kier alpha value is -3.51. The SMILES string of the molecule is CC1(O)CCCCN2c3nc(OC[C@@]45CCCN4C[C@H](F)C5)nc4c(F)c(-c5ccc(F)c6sc(C(F)F)c(C#N)c56)c(Cl)c(c34)OCCC21. The molecule has 2 unspecified atom stereocenters. The highest BCUT2D eigenvalue weighted by molar-refractivity contribution is 7.19. The van der Waals surface area contributed by atoms with Crippen molar-refractivity contribution in [2.24, 2.45) is 0 Å². The van der Waals surface area contributed by atoms with Crippen LogP contribution < -0.4 is 14.4 Å². The van der Waals surface area contributed by atoms with Gasteiger partial charge in [0.15, 0.2) is 11.6 Å². The first-order valence-corrected chi connectivity index (χ1v) is 17.9. The molecule has 0 radical (unpaired) electrons. The molecular weight excluding hydrogens is 701 g/mol. The van der Waals surface area contributed by atoms with E-state index in [1.165, 1.54) is 6.07 Å². The fourth-order valence-corrected chi connectivity index (χ4v) is 9.98. The molecule has 1 N–H and O–H groups in total. The van der Waals surface area contributed by atoms with Gasteiger partial charge in [-0.2, -0.15) is 15.2 Å². The smallest absolute Gasteiger partial charge is 0.319 e. The molecule has 0 saturated carbocycles. The van der Waals surface area contributed by atoms with Crippen LogP contribution in [0.5, 0.6) is 11.8 Å². The fourth-order valence-electron chi connectivity index (χ4n) is 8.61. The third-order valence-electron chi connectivity index (χ3n) is 10.9. The molecule has 8 rings (SSSR count). The van der Waals surface area contributed by atoms with Gasteiger partial charge in [-0.1, -0.05) is 17.7 Å². The summed E-state index contributed by atoms with van der Waals surface area (Å²) in [5.41, 5.74) is -2.80. The summed E-state index contributed by atoms with van der Waals surface area (Å²) in [6, 6.07) is 3.34. The summed E-state index contributed by atoms with van der Waals surface area (Å²) in [7, 11) is 0. The molecule has 8 nitrogen and oxygen atoms in total. The van der Waals surface area contributed by atoms with Crippen LogP contribution in [0.25, 0.3) is 32.1 Å². The first-order valence-electron chi connectivity index (χ1n) is 16.7. The first kappa shape index (κ1) is 33.6. The van der Waals surface area contributed by atoms with E-state index in [2.05, 4.69) is 9.88 Å². The molecule has 0 aliphatic carbocycles. The molecule has 50 heavy (non-hydrogen) atoms. The van der Waals surface area contributed by atoms with Crippen LogP contribution >= 0.6 is 22.9 Å². The maximum atomic E-state index is 17.3. The number of aliphatic hydroxyl groups is 1. The van der Waals surface area contributed by atoms with E-state index in [0.717, 1.165) is 31.9 Å². The van der Waals surface area contributed by atoms with E-state index in [-0.39, 0.29) is 67.9 Å². The van der Waals surface area contributed by atoms with E-state index >= 15 is 8.78 Å². The summed E-state index contributed by atoms with van der Waals surface area (Å²) >= 11 is 7.43. The maximum absolute atomic E-state index is 17.3. The van der Waals surface area contributed by atoms with E-state index < -0.39 is 51.9 Å². The van der Waals surface area contributed by atoms with Crippen molar-refractivity contribution in [2.75, 3.05) is 37.7 Å². The van der Waals surface area contributed by atoms with Gasteiger partial charge in [-0.15, -0.1) is 11.3 Å². The number of fused-ring (bicyclic) bond motifs is 4. The summed E-state index contributed by atoms with van der Waals surface area (Å²) in [6.45, 7) is 3.43. The minimum atomic E-state index is -3.07.